The predicted octanol–water partition coefficient (Wildman–Crippen LogP) is 18.7. The number of hydrogen-bond donors (Lipinski definition) is 0. The Morgan fingerprint density at radius 2 is 0.378 bits per heavy atom. The molecule has 0 saturated carbocycles. The van der Waals surface area contributed by atoms with Crippen LogP contribution in [0.3, 0.4) is 0 Å². The third kappa shape index (κ3) is 7.76. The van der Waals surface area contributed by atoms with Crippen molar-refractivity contribution < 1.29 is 0 Å². The van der Waals surface area contributed by atoms with Crippen molar-refractivity contribution in [3.05, 3.63) is 352 Å². The molecule has 0 unspecified atom stereocenters. The number of hydrogen-bond acceptors (Lipinski definition) is 2. The molecule has 0 fully saturated rings. The number of rotatable bonds is 8. The van der Waals surface area contributed by atoms with Crippen molar-refractivity contribution in [2.45, 2.75) is 0 Å². The first-order chi connectivity index (χ1) is 48.7. The summed E-state index contributed by atoms with van der Waals surface area (Å²) in [5.41, 5.74) is 27.6. The van der Waals surface area contributed by atoms with E-state index < -0.39 is 0 Å². The van der Waals surface area contributed by atoms with E-state index in [4.69, 9.17) is 0 Å². The summed E-state index contributed by atoms with van der Waals surface area (Å²) in [5, 5.41) is 9.74. The van der Waals surface area contributed by atoms with Crippen LogP contribution in [0.2, 0.25) is 0 Å². The lowest BCUT2D eigenvalue weighted by Crippen LogP contribution is -2.62. The van der Waals surface area contributed by atoms with E-state index in [1.54, 1.807) is 0 Å². The van der Waals surface area contributed by atoms with Crippen LogP contribution in [0.1, 0.15) is 0 Å². The second kappa shape index (κ2) is 21.4. The zero-order valence-electron chi connectivity index (χ0n) is 53.3. The highest BCUT2D eigenvalue weighted by atomic mass is 15.2. The second-order valence-electron chi connectivity index (χ2n) is 26.2. The van der Waals surface area contributed by atoms with Crippen LogP contribution in [0.5, 0.6) is 0 Å². The molecule has 2 aliphatic rings. The minimum absolute atomic E-state index is 0.344. The van der Waals surface area contributed by atoms with Gasteiger partial charge in [-0.05, 0) is 154 Å². The second-order valence-corrected chi connectivity index (χ2v) is 26.2. The third-order valence-electron chi connectivity index (χ3n) is 21.3. The van der Waals surface area contributed by atoms with Gasteiger partial charge in [0.2, 0.25) is 0 Å². The zero-order chi connectivity index (χ0) is 64.1. The number of fused-ring (bicyclic) bond motifs is 16. The number of para-hydroxylation sites is 12. The maximum absolute atomic E-state index is 2.62. The van der Waals surface area contributed by atoms with Gasteiger partial charge >= 0.3 is 0 Å². The molecule has 0 spiro atoms. The van der Waals surface area contributed by atoms with Crippen molar-refractivity contribution in [2.75, 3.05) is 9.80 Å². The molecule has 19 aromatic rings. The summed E-state index contributed by atoms with van der Waals surface area (Å²) in [6, 6.07) is 132. The minimum Gasteiger partial charge on any atom is -0.312 e. The minimum atomic E-state index is -0.344. The molecule has 2 aliphatic heterocycles. The van der Waals surface area contributed by atoms with Crippen molar-refractivity contribution >= 4 is 168 Å². The summed E-state index contributed by atoms with van der Waals surface area (Å²) in [4.78, 5) is 5.14. The van der Waals surface area contributed by atoms with Gasteiger partial charge in [-0.25, -0.2) is 0 Å². The quantitative estimate of drug-likeness (QED) is 0.142. The molecule has 0 aliphatic carbocycles. The fraction of sp³-hybridized carbons (Fsp3) is 0. The largest absolute Gasteiger partial charge is 0.312 e. The van der Waals surface area contributed by atoms with Gasteiger partial charge in [0, 0.05) is 100.0 Å². The van der Waals surface area contributed by atoms with Crippen LogP contribution < -0.4 is 42.6 Å². The van der Waals surface area contributed by atoms with Crippen LogP contribution in [0.25, 0.3) is 110 Å². The molecule has 15 aromatic carbocycles. The van der Waals surface area contributed by atoms with Crippen molar-refractivity contribution in [1.29, 1.82) is 0 Å². The van der Waals surface area contributed by atoms with E-state index in [1.165, 1.54) is 75.9 Å². The molecule has 454 valence electrons. The van der Waals surface area contributed by atoms with Crippen LogP contribution in [0.4, 0.5) is 34.1 Å². The zero-order valence-corrected chi connectivity index (χ0v) is 53.3. The summed E-state index contributed by atoms with van der Waals surface area (Å²) in [5.74, 6) is 0. The normalized spacial score (nSPS) is 12.8. The molecule has 0 saturated heterocycles. The van der Waals surface area contributed by atoms with Crippen LogP contribution in [0, 0.1) is 0 Å². The molecular formula is C90H58B2N6. The van der Waals surface area contributed by atoms with E-state index in [9.17, 15) is 0 Å². The first-order valence-electron chi connectivity index (χ1n) is 34.0. The molecule has 0 atom stereocenters. The Hall–Kier alpha value is -12.8. The van der Waals surface area contributed by atoms with Gasteiger partial charge in [0.25, 0.3) is 13.4 Å². The van der Waals surface area contributed by atoms with E-state index >= 15 is 0 Å². The summed E-state index contributed by atoms with van der Waals surface area (Å²) in [7, 11) is 0. The molecule has 0 radical (unpaired) electrons. The van der Waals surface area contributed by atoms with Gasteiger partial charge < -0.3 is 28.1 Å². The van der Waals surface area contributed by atoms with E-state index in [0.29, 0.717) is 0 Å². The van der Waals surface area contributed by atoms with Gasteiger partial charge in [0.1, 0.15) is 0 Å². The van der Waals surface area contributed by atoms with E-state index in [0.717, 1.165) is 101 Å². The van der Waals surface area contributed by atoms with Gasteiger partial charge in [0.05, 0.1) is 44.1 Å². The average molecular weight is 1250 g/mol. The van der Waals surface area contributed by atoms with Crippen LogP contribution in [0.15, 0.2) is 352 Å². The molecule has 6 nitrogen and oxygen atoms in total. The first-order valence-corrected chi connectivity index (χ1v) is 34.0. The van der Waals surface area contributed by atoms with Gasteiger partial charge in [-0.3, -0.25) is 0 Å². The Morgan fingerprint density at radius 1 is 0.163 bits per heavy atom. The monoisotopic (exact) mass is 1240 g/mol. The Bertz CT molecular complexity index is 5620. The number of nitrogens with zero attached hydrogens (tertiary/aromatic N) is 6. The Morgan fingerprint density at radius 3 is 0.643 bits per heavy atom. The van der Waals surface area contributed by atoms with Crippen LogP contribution >= 0.6 is 0 Å². The van der Waals surface area contributed by atoms with Gasteiger partial charge in [-0.2, -0.15) is 0 Å². The molecular weight excluding hydrogens is 1190 g/mol. The topological polar surface area (TPSA) is 26.2 Å². The number of anilines is 6. The first kappa shape index (κ1) is 54.6. The molecule has 4 aromatic heterocycles. The van der Waals surface area contributed by atoms with Gasteiger partial charge in [-0.1, -0.05) is 231 Å². The Balaban J connectivity index is 0.942. The highest BCUT2D eigenvalue weighted by Crippen LogP contribution is 2.45. The van der Waals surface area contributed by atoms with Crippen molar-refractivity contribution in [2.24, 2.45) is 0 Å². The maximum atomic E-state index is 2.62. The lowest BCUT2D eigenvalue weighted by molar-refractivity contribution is 1.15. The summed E-state index contributed by atoms with van der Waals surface area (Å²) in [6.45, 7) is -0.687. The van der Waals surface area contributed by atoms with Crippen molar-refractivity contribution in [1.82, 2.24) is 18.3 Å². The van der Waals surface area contributed by atoms with Crippen molar-refractivity contribution in [3.63, 3.8) is 0 Å². The average Bonchev–Trinajstić information content (AvgIpc) is 0.836. The molecule has 0 amide bonds. The highest BCUT2D eigenvalue weighted by Gasteiger charge is 2.45. The van der Waals surface area contributed by atoms with E-state index in [2.05, 4.69) is 380 Å². The molecule has 0 bridgehead atoms. The van der Waals surface area contributed by atoms with E-state index in [1.807, 2.05) is 0 Å². The molecule has 98 heavy (non-hydrogen) atoms. The standard InChI is InChI=1S/C90H58B2N6/c1-3-29-59(30-4-1)93-81-51-25-15-41-69(81)91(89-83(95-73-43-17-7-33-61(73)62-34-8-18-44-74(62)95)53-27-54-84(89)96-75-45-19-9-35-63(75)64-36-10-20-46-76(64)96)71-58-88-72(57-87(71)93)92(70-42-16-26-52-82(70)94(88)60-31-5-2-6-32-60)90-85(97-77-47-21-11-37-65(77)66-38-12-22-48-78(66)97)55-28-56-86(90)98-79-49-23-13-39-67(79)68-40-14-24-50-80(68)98/h1-58H. The Labute approximate surface area is 566 Å². The lowest BCUT2D eigenvalue weighted by Gasteiger charge is -2.42. The summed E-state index contributed by atoms with van der Waals surface area (Å²) in [6.07, 6.45) is 0. The fourth-order valence-electron chi connectivity index (χ4n) is 17.4. The Kier molecular flexibility index (Phi) is 11.9. The molecule has 6 heterocycles. The fourth-order valence-corrected chi connectivity index (χ4v) is 17.4. The smallest absolute Gasteiger partial charge is 0.252 e. The molecule has 21 rings (SSSR count). The van der Waals surface area contributed by atoms with E-state index in [-0.39, 0.29) is 13.4 Å². The highest BCUT2D eigenvalue weighted by molar-refractivity contribution is 7.01. The predicted molar refractivity (Wildman–Crippen MR) is 415 cm³/mol. The third-order valence-corrected chi connectivity index (χ3v) is 21.3. The summed E-state index contributed by atoms with van der Waals surface area (Å²) < 4.78 is 10.2. The number of aromatic nitrogens is 4. The molecule has 8 heteroatoms. The number of benzene rings is 15. The lowest BCUT2D eigenvalue weighted by atomic mass is 9.32. The summed E-state index contributed by atoms with van der Waals surface area (Å²) >= 11 is 0. The van der Waals surface area contributed by atoms with Gasteiger partial charge in [0.15, 0.2) is 0 Å². The van der Waals surface area contributed by atoms with Gasteiger partial charge in [-0.15, -0.1) is 0 Å². The van der Waals surface area contributed by atoms with Crippen LogP contribution in [-0.2, 0) is 0 Å². The van der Waals surface area contributed by atoms with Crippen molar-refractivity contribution in [3.8, 4) is 22.7 Å². The molecule has 0 N–H and O–H groups in total. The van der Waals surface area contributed by atoms with Crippen LogP contribution in [-0.4, -0.2) is 31.7 Å². The SMILES string of the molecule is c1ccc(N2c3ccccc3B(c3c(-n4c5ccccc5c5ccccc54)cccc3-n3c4ccccc4c4ccccc43)c3cc4c(cc32)B(c2c(-n3c5ccccc5c5ccccc53)cccc2-n2c3ccccc3c3ccccc32)c2ccccc2N4c2ccccc2)cc1. The maximum Gasteiger partial charge on any atom is 0.252 e.